The minimum absolute atomic E-state index is 0.0645. The lowest BCUT2D eigenvalue weighted by Gasteiger charge is -2.16. The van der Waals surface area contributed by atoms with Crippen LogP contribution in [0.4, 0.5) is 0 Å². The molecule has 1 aromatic carbocycles. The maximum absolute atomic E-state index is 12.0. The van der Waals surface area contributed by atoms with E-state index in [0.29, 0.717) is 10.8 Å². The van der Waals surface area contributed by atoms with Gasteiger partial charge in [-0.25, -0.2) is 0 Å². The molecular weight excluding hydrogens is 310 g/mol. The van der Waals surface area contributed by atoms with Gasteiger partial charge in [0.2, 0.25) is 0 Å². The number of nitrogens with one attached hydrogen (secondary N) is 1. The van der Waals surface area contributed by atoms with Crippen LogP contribution in [0.3, 0.4) is 0 Å². The van der Waals surface area contributed by atoms with Crippen molar-refractivity contribution in [1.29, 1.82) is 0 Å². The number of carbonyl (C=O) groups is 1. The molecule has 0 saturated carbocycles. The first-order chi connectivity index (χ1) is 11.0. The van der Waals surface area contributed by atoms with Gasteiger partial charge in [-0.1, -0.05) is 57.0 Å². The number of hydrogen-bond donors (Lipinski definition) is 1. The molecule has 23 heavy (non-hydrogen) atoms. The van der Waals surface area contributed by atoms with Crippen molar-refractivity contribution in [1.82, 2.24) is 5.32 Å². The fourth-order valence-corrected chi connectivity index (χ4v) is 2.65. The summed E-state index contributed by atoms with van der Waals surface area (Å²) in [5.41, 5.74) is 0.934. The zero-order chi connectivity index (χ0) is 17.1. The molecule has 0 fully saturated rings. The van der Waals surface area contributed by atoms with Crippen molar-refractivity contribution < 1.29 is 9.53 Å². The number of halogens is 1. The molecule has 0 saturated heterocycles. The number of amides is 1. The smallest absolute Gasteiger partial charge is 0.260 e. The summed E-state index contributed by atoms with van der Waals surface area (Å²) in [6.45, 7) is 6.64. The van der Waals surface area contributed by atoms with Gasteiger partial charge >= 0.3 is 0 Å². The van der Waals surface area contributed by atoms with Gasteiger partial charge in [-0.2, -0.15) is 0 Å². The van der Waals surface area contributed by atoms with E-state index in [1.807, 2.05) is 13.0 Å². The number of carbonyl (C=O) groups excluding carboxylic acids is 1. The highest BCUT2D eigenvalue weighted by Gasteiger charge is 2.15. The van der Waals surface area contributed by atoms with Gasteiger partial charge in [-0.05, 0) is 44.0 Å². The Bertz CT molecular complexity index is 476. The number of hydrogen-bond acceptors (Lipinski definition) is 2. The Balaban J connectivity index is 2.19. The Hall–Kier alpha value is -1.22. The van der Waals surface area contributed by atoms with Crippen LogP contribution in [0.25, 0.3) is 0 Å². The summed E-state index contributed by atoms with van der Waals surface area (Å²) in [4.78, 5) is 12.0. The average molecular weight is 340 g/mol. The summed E-state index contributed by atoms with van der Waals surface area (Å²) in [5.74, 6) is 0.637. The molecule has 1 rings (SSSR count). The minimum atomic E-state index is -0.501. The lowest BCUT2D eigenvalue weighted by molar-refractivity contribution is -0.127. The molecule has 0 aliphatic heterocycles. The lowest BCUT2D eigenvalue weighted by atomic mass is 10.1. The Morgan fingerprint density at radius 1 is 1.17 bits per heavy atom. The number of unbranched alkanes of at least 4 members (excludes halogenated alkanes) is 6. The molecule has 1 amide bonds. The van der Waals surface area contributed by atoms with E-state index in [2.05, 4.69) is 12.2 Å². The van der Waals surface area contributed by atoms with Gasteiger partial charge in [0, 0.05) is 11.6 Å². The topological polar surface area (TPSA) is 38.3 Å². The first kappa shape index (κ1) is 19.8. The highest BCUT2D eigenvalue weighted by atomic mass is 35.5. The van der Waals surface area contributed by atoms with E-state index in [9.17, 15) is 4.79 Å². The first-order valence-corrected chi connectivity index (χ1v) is 9.13. The van der Waals surface area contributed by atoms with Crippen LogP contribution in [0.15, 0.2) is 18.2 Å². The van der Waals surface area contributed by atoms with Crippen molar-refractivity contribution in [2.24, 2.45) is 0 Å². The van der Waals surface area contributed by atoms with Crippen LogP contribution in [-0.2, 0) is 4.79 Å². The third kappa shape index (κ3) is 8.26. The molecule has 1 aromatic rings. The molecule has 0 heterocycles. The summed E-state index contributed by atoms with van der Waals surface area (Å²) < 4.78 is 5.71. The maximum Gasteiger partial charge on any atom is 0.260 e. The third-order valence-electron chi connectivity index (χ3n) is 3.89. The molecule has 1 N–H and O–H groups in total. The molecule has 0 aliphatic rings. The normalized spacial score (nSPS) is 12.0. The van der Waals surface area contributed by atoms with Crippen LogP contribution >= 0.6 is 11.6 Å². The van der Waals surface area contributed by atoms with E-state index in [1.165, 1.54) is 38.5 Å². The Labute approximate surface area is 145 Å². The quantitative estimate of drug-likeness (QED) is 0.557. The number of rotatable bonds is 11. The van der Waals surface area contributed by atoms with Gasteiger partial charge in [0.05, 0.1) is 0 Å². The highest BCUT2D eigenvalue weighted by molar-refractivity contribution is 6.30. The largest absolute Gasteiger partial charge is 0.481 e. The van der Waals surface area contributed by atoms with Crippen molar-refractivity contribution in [3.63, 3.8) is 0 Å². The van der Waals surface area contributed by atoms with E-state index < -0.39 is 6.10 Å². The molecule has 0 aromatic heterocycles. The molecule has 0 radical (unpaired) electrons. The Morgan fingerprint density at radius 3 is 2.48 bits per heavy atom. The summed E-state index contributed by atoms with van der Waals surface area (Å²) >= 11 is 5.92. The van der Waals surface area contributed by atoms with Crippen LogP contribution < -0.4 is 10.1 Å². The van der Waals surface area contributed by atoms with Crippen molar-refractivity contribution in [3.05, 3.63) is 28.8 Å². The molecule has 0 bridgehead atoms. The molecule has 0 aliphatic carbocycles. The molecule has 3 nitrogen and oxygen atoms in total. The van der Waals surface area contributed by atoms with Gasteiger partial charge in [0.1, 0.15) is 5.75 Å². The second-order valence-electron chi connectivity index (χ2n) is 6.08. The Kier molecular flexibility index (Phi) is 9.77. The minimum Gasteiger partial charge on any atom is -0.481 e. The maximum atomic E-state index is 12.0. The summed E-state index contributed by atoms with van der Waals surface area (Å²) in [7, 11) is 0. The van der Waals surface area contributed by atoms with E-state index >= 15 is 0 Å². The summed E-state index contributed by atoms with van der Waals surface area (Å²) in [6.07, 6.45) is 8.20. The fraction of sp³-hybridized carbons (Fsp3) is 0.632. The first-order valence-electron chi connectivity index (χ1n) is 8.75. The summed E-state index contributed by atoms with van der Waals surface area (Å²) in [5, 5.41) is 3.62. The van der Waals surface area contributed by atoms with Crippen molar-refractivity contribution in [2.75, 3.05) is 6.54 Å². The number of ether oxygens (including phenoxy) is 1. The molecule has 0 unspecified atom stereocenters. The zero-order valence-electron chi connectivity index (χ0n) is 14.7. The second kappa shape index (κ2) is 11.3. The van der Waals surface area contributed by atoms with Gasteiger partial charge in [-0.3, -0.25) is 4.79 Å². The van der Waals surface area contributed by atoms with E-state index in [1.54, 1.807) is 19.1 Å². The Morgan fingerprint density at radius 2 is 1.83 bits per heavy atom. The molecule has 0 spiro atoms. The molecule has 1 atom stereocenters. The van der Waals surface area contributed by atoms with E-state index in [0.717, 1.165) is 18.5 Å². The van der Waals surface area contributed by atoms with Crippen LogP contribution in [0.2, 0.25) is 5.02 Å². The van der Waals surface area contributed by atoms with Crippen LogP contribution in [0.5, 0.6) is 5.75 Å². The number of aryl methyl sites for hydroxylation is 1. The predicted molar refractivity (Wildman–Crippen MR) is 97.3 cm³/mol. The number of benzene rings is 1. The predicted octanol–water partition coefficient (Wildman–Crippen LogP) is 5.28. The van der Waals surface area contributed by atoms with E-state index in [-0.39, 0.29) is 5.91 Å². The fourth-order valence-electron chi connectivity index (χ4n) is 2.43. The van der Waals surface area contributed by atoms with Crippen molar-refractivity contribution in [3.8, 4) is 5.75 Å². The third-order valence-corrected chi connectivity index (χ3v) is 4.12. The SMILES string of the molecule is CCCCCCCCCNC(=O)[C@H](C)Oc1ccc(Cl)cc1C. The van der Waals surface area contributed by atoms with Gasteiger partial charge in [0.25, 0.3) is 5.91 Å². The lowest BCUT2D eigenvalue weighted by Crippen LogP contribution is -2.36. The molecule has 4 heteroatoms. The zero-order valence-corrected chi connectivity index (χ0v) is 15.4. The van der Waals surface area contributed by atoms with Crippen LogP contribution in [0, 0.1) is 6.92 Å². The van der Waals surface area contributed by atoms with Gasteiger partial charge in [-0.15, -0.1) is 0 Å². The van der Waals surface area contributed by atoms with Crippen molar-refractivity contribution >= 4 is 17.5 Å². The highest BCUT2D eigenvalue weighted by Crippen LogP contribution is 2.22. The van der Waals surface area contributed by atoms with Gasteiger partial charge in [0.15, 0.2) is 6.10 Å². The second-order valence-corrected chi connectivity index (χ2v) is 6.52. The van der Waals surface area contributed by atoms with Crippen LogP contribution in [-0.4, -0.2) is 18.6 Å². The average Bonchev–Trinajstić information content (AvgIpc) is 2.52. The molecule has 130 valence electrons. The molecular formula is C19H30ClNO2. The summed E-state index contributed by atoms with van der Waals surface area (Å²) in [6, 6.07) is 5.41. The van der Waals surface area contributed by atoms with Crippen molar-refractivity contribution in [2.45, 2.75) is 71.8 Å². The monoisotopic (exact) mass is 339 g/mol. The van der Waals surface area contributed by atoms with Crippen LogP contribution in [0.1, 0.15) is 64.4 Å². The van der Waals surface area contributed by atoms with Gasteiger partial charge < -0.3 is 10.1 Å². The van der Waals surface area contributed by atoms with E-state index in [4.69, 9.17) is 16.3 Å². The standard InChI is InChI=1S/C19H30ClNO2/c1-4-5-6-7-8-9-10-13-21-19(22)16(3)23-18-12-11-17(20)14-15(18)2/h11-12,14,16H,4-10,13H2,1-3H3,(H,21,22)/t16-/m0/s1.